The van der Waals surface area contributed by atoms with Gasteiger partial charge in [-0.25, -0.2) is 0 Å². The fourth-order valence-corrected chi connectivity index (χ4v) is 1.69. The second-order valence-corrected chi connectivity index (χ2v) is 4.15. The summed E-state index contributed by atoms with van der Waals surface area (Å²) in [4.78, 5) is 0. The minimum atomic E-state index is 0.160. The Bertz CT molecular complexity index is 356. The molecular weight excluding hydrogens is 262 g/mol. The normalized spacial score (nSPS) is 10.4. The Labute approximate surface area is 96.5 Å². The molecule has 1 aromatic rings. The summed E-state index contributed by atoms with van der Waals surface area (Å²) in [7, 11) is 0. The summed E-state index contributed by atoms with van der Waals surface area (Å²) >= 11 is 8.01. The molecule has 0 aliphatic rings. The maximum atomic E-state index is 5.21. The first kappa shape index (κ1) is 11.1. The Balaban J connectivity index is 2.76. The average molecular weight is 272 g/mol. The number of hydrogen-bond acceptors (Lipinski definition) is 2. The van der Waals surface area contributed by atoms with Crippen LogP contribution in [0.2, 0.25) is 0 Å². The zero-order valence-electron chi connectivity index (χ0n) is 7.62. The van der Waals surface area contributed by atoms with Crippen LogP contribution in [0.3, 0.4) is 0 Å². The van der Waals surface area contributed by atoms with E-state index in [1.807, 2.05) is 25.1 Å². The molecule has 0 aromatic heterocycles. The first-order valence-electron chi connectivity index (χ1n) is 3.93. The maximum Gasteiger partial charge on any atom is 0.184 e. The van der Waals surface area contributed by atoms with E-state index in [0.29, 0.717) is 0 Å². The molecule has 3 N–H and O–H groups in total. The van der Waals surface area contributed by atoms with Crippen molar-refractivity contribution in [3.8, 4) is 0 Å². The summed E-state index contributed by atoms with van der Waals surface area (Å²) in [6.45, 7) is 2.02. The lowest BCUT2D eigenvalue weighted by atomic mass is 10.2. The van der Waals surface area contributed by atoms with E-state index in [4.69, 9.17) is 5.73 Å². The first-order valence-corrected chi connectivity index (χ1v) is 5.14. The van der Waals surface area contributed by atoms with Crippen LogP contribution in [0.15, 0.2) is 27.8 Å². The Hall–Kier alpha value is -0.940. The summed E-state index contributed by atoms with van der Waals surface area (Å²) in [5.74, 6) is 0. The number of halogens is 1. The SMILES string of the molecule is Cc1cc(Br)cc(C=NNC(N)=S)c1. The molecule has 0 aliphatic carbocycles. The smallest absolute Gasteiger partial charge is 0.184 e. The Morgan fingerprint density at radius 2 is 2.29 bits per heavy atom. The first-order chi connectivity index (χ1) is 6.58. The van der Waals surface area contributed by atoms with E-state index >= 15 is 0 Å². The third-order valence-corrected chi connectivity index (χ3v) is 2.00. The minimum absolute atomic E-state index is 0.160. The molecule has 0 radical (unpaired) electrons. The second kappa shape index (κ2) is 5.07. The number of nitrogens with two attached hydrogens (primary N) is 1. The molecule has 0 amide bonds. The quantitative estimate of drug-likeness (QED) is 0.491. The maximum absolute atomic E-state index is 5.21. The van der Waals surface area contributed by atoms with Crippen molar-refractivity contribution >= 4 is 39.5 Å². The van der Waals surface area contributed by atoms with E-state index in [0.717, 1.165) is 15.6 Å². The topological polar surface area (TPSA) is 50.4 Å². The molecule has 14 heavy (non-hydrogen) atoms. The highest BCUT2D eigenvalue weighted by Crippen LogP contribution is 2.13. The highest BCUT2D eigenvalue weighted by Gasteiger charge is 1.93. The monoisotopic (exact) mass is 271 g/mol. The second-order valence-electron chi connectivity index (χ2n) is 2.80. The standard InChI is InChI=1S/C9H10BrN3S/c1-6-2-7(4-8(10)3-6)5-12-13-9(11)14/h2-5H,1H3,(H3,11,13,14). The number of benzene rings is 1. The largest absolute Gasteiger partial charge is 0.375 e. The number of nitrogens with zero attached hydrogens (tertiary/aromatic N) is 1. The number of nitrogens with one attached hydrogen (secondary N) is 1. The molecule has 3 nitrogen and oxygen atoms in total. The van der Waals surface area contributed by atoms with Crippen molar-refractivity contribution < 1.29 is 0 Å². The lowest BCUT2D eigenvalue weighted by molar-refractivity contribution is 1.04. The molecular formula is C9H10BrN3S. The van der Waals surface area contributed by atoms with Gasteiger partial charge in [0, 0.05) is 4.47 Å². The Morgan fingerprint density at radius 3 is 2.86 bits per heavy atom. The molecule has 0 unspecified atom stereocenters. The molecule has 74 valence electrons. The third kappa shape index (κ3) is 3.85. The van der Waals surface area contributed by atoms with E-state index in [2.05, 4.69) is 38.7 Å². The average Bonchev–Trinajstić information content (AvgIpc) is 2.01. The fourth-order valence-electron chi connectivity index (χ4n) is 1.01. The van der Waals surface area contributed by atoms with Crippen LogP contribution in [0, 0.1) is 6.92 Å². The van der Waals surface area contributed by atoms with Gasteiger partial charge in [0.15, 0.2) is 5.11 Å². The van der Waals surface area contributed by atoms with Crippen molar-refractivity contribution in [1.82, 2.24) is 5.43 Å². The minimum Gasteiger partial charge on any atom is -0.375 e. The van der Waals surface area contributed by atoms with Crippen molar-refractivity contribution in [2.45, 2.75) is 6.92 Å². The molecule has 5 heteroatoms. The Kier molecular flexibility index (Phi) is 4.03. The van der Waals surface area contributed by atoms with Crippen LogP contribution in [-0.2, 0) is 0 Å². The molecule has 0 spiro atoms. The zero-order valence-corrected chi connectivity index (χ0v) is 10.0. The number of hydrazone groups is 1. The van der Waals surface area contributed by atoms with Gasteiger partial charge in [0.05, 0.1) is 6.21 Å². The van der Waals surface area contributed by atoms with Crippen molar-refractivity contribution in [2.24, 2.45) is 10.8 Å². The summed E-state index contributed by atoms with van der Waals surface area (Å²) in [5.41, 5.74) is 9.86. The van der Waals surface area contributed by atoms with Crippen molar-refractivity contribution in [3.63, 3.8) is 0 Å². The summed E-state index contributed by atoms with van der Waals surface area (Å²) < 4.78 is 1.02. The number of thiocarbonyl (C=S) groups is 1. The number of rotatable bonds is 2. The molecule has 1 aromatic carbocycles. The van der Waals surface area contributed by atoms with Gasteiger partial charge < -0.3 is 5.73 Å². The van der Waals surface area contributed by atoms with Crippen LogP contribution in [-0.4, -0.2) is 11.3 Å². The van der Waals surface area contributed by atoms with Crippen LogP contribution < -0.4 is 11.2 Å². The molecule has 0 heterocycles. The predicted octanol–water partition coefficient (Wildman–Crippen LogP) is 1.92. The molecule has 1 rings (SSSR count). The lowest BCUT2D eigenvalue weighted by Gasteiger charge is -1.98. The summed E-state index contributed by atoms with van der Waals surface area (Å²) in [5, 5.41) is 4.02. The number of hydrogen-bond donors (Lipinski definition) is 2. The third-order valence-electron chi connectivity index (χ3n) is 1.45. The van der Waals surface area contributed by atoms with Crippen LogP contribution in [0.4, 0.5) is 0 Å². The van der Waals surface area contributed by atoms with E-state index in [-0.39, 0.29) is 5.11 Å². The zero-order chi connectivity index (χ0) is 10.6. The molecule has 0 saturated carbocycles. The predicted molar refractivity (Wildman–Crippen MR) is 66.4 cm³/mol. The fraction of sp³-hybridized carbons (Fsp3) is 0.111. The van der Waals surface area contributed by atoms with Crippen LogP contribution in [0.1, 0.15) is 11.1 Å². The van der Waals surface area contributed by atoms with Crippen molar-refractivity contribution in [2.75, 3.05) is 0 Å². The van der Waals surface area contributed by atoms with E-state index in [1.54, 1.807) is 6.21 Å². The molecule has 0 aliphatic heterocycles. The van der Waals surface area contributed by atoms with E-state index in [9.17, 15) is 0 Å². The van der Waals surface area contributed by atoms with Crippen molar-refractivity contribution in [1.29, 1.82) is 0 Å². The number of aryl methyl sites for hydroxylation is 1. The lowest BCUT2D eigenvalue weighted by Crippen LogP contribution is -2.23. The van der Waals surface area contributed by atoms with Crippen LogP contribution in [0.5, 0.6) is 0 Å². The Morgan fingerprint density at radius 1 is 1.57 bits per heavy atom. The van der Waals surface area contributed by atoms with E-state index in [1.165, 1.54) is 0 Å². The summed E-state index contributed by atoms with van der Waals surface area (Å²) in [6.07, 6.45) is 1.66. The van der Waals surface area contributed by atoms with Crippen molar-refractivity contribution in [3.05, 3.63) is 33.8 Å². The van der Waals surface area contributed by atoms with Crippen LogP contribution >= 0.6 is 28.1 Å². The van der Waals surface area contributed by atoms with Gasteiger partial charge in [0.1, 0.15) is 0 Å². The van der Waals surface area contributed by atoms with Crippen LogP contribution in [0.25, 0.3) is 0 Å². The van der Waals surface area contributed by atoms with Gasteiger partial charge >= 0.3 is 0 Å². The van der Waals surface area contributed by atoms with Gasteiger partial charge in [-0.15, -0.1) is 0 Å². The highest BCUT2D eigenvalue weighted by molar-refractivity contribution is 9.10. The molecule has 0 fully saturated rings. The molecule has 0 atom stereocenters. The van der Waals surface area contributed by atoms with Gasteiger partial charge in [0.25, 0.3) is 0 Å². The van der Waals surface area contributed by atoms with Gasteiger partial charge in [-0.1, -0.05) is 22.0 Å². The molecule has 0 saturated heterocycles. The van der Waals surface area contributed by atoms with Gasteiger partial charge in [-0.05, 0) is 42.4 Å². The highest BCUT2D eigenvalue weighted by atomic mass is 79.9. The van der Waals surface area contributed by atoms with Gasteiger partial charge in [-0.2, -0.15) is 5.10 Å². The summed E-state index contributed by atoms with van der Waals surface area (Å²) in [6, 6.07) is 5.99. The van der Waals surface area contributed by atoms with E-state index < -0.39 is 0 Å². The molecule has 0 bridgehead atoms. The van der Waals surface area contributed by atoms with Gasteiger partial charge in [-0.3, -0.25) is 5.43 Å². The van der Waals surface area contributed by atoms with Gasteiger partial charge in [0.2, 0.25) is 0 Å².